The Kier molecular flexibility index (Phi) is 10.3. The molecule has 0 spiro atoms. The molecule has 0 saturated carbocycles. The normalized spacial score (nSPS) is 23.4. The van der Waals surface area contributed by atoms with Gasteiger partial charge in [-0.2, -0.15) is 0 Å². The summed E-state index contributed by atoms with van der Waals surface area (Å²) in [5.74, 6) is 0. The Labute approximate surface area is 135 Å². The van der Waals surface area contributed by atoms with E-state index in [-0.39, 0.29) is 6.10 Å². The Morgan fingerprint density at radius 3 is 2.27 bits per heavy atom. The van der Waals surface area contributed by atoms with Crippen LogP contribution in [0.1, 0.15) is 96.8 Å². The average molecular weight is 311 g/mol. The maximum Gasteiger partial charge on any atom is 0.226 e. The first-order valence-electron chi connectivity index (χ1n) is 9.25. The highest BCUT2D eigenvalue weighted by molar-refractivity contribution is 5.48. The Morgan fingerprint density at radius 2 is 1.59 bits per heavy atom. The molecule has 4 nitrogen and oxygen atoms in total. The fraction of sp³-hybridized carbons (Fsp3) is 0.944. The van der Waals surface area contributed by atoms with Gasteiger partial charge < -0.3 is 9.53 Å². The third-order valence-electron chi connectivity index (χ3n) is 4.62. The second-order valence-electron chi connectivity index (χ2n) is 6.57. The zero-order valence-corrected chi connectivity index (χ0v) is 14.2. The number of hydrogen-bond acceptors (Lipinski definition) is 4. The standard InChI is InChI=1S/C18H33NO3/c1-2-3-4-5-8-11-14-17-18(19-21,22-17)15-12-9-6-7-10-13-16-20/h16-17H,2-15H2,1H3. The van der Waals surface area contributed by atoms with E-state index in [0.29, 0.717) is 6.42 Å². The van der Waals surface area contributed by atoms with E-state index in [2.05, 4.69) is 12.1 Å². The Morgan fingerprint density at radius 1 is 0.955 bits per heavy atom. The summed E-state index contributed by atoms with van der Waals surface area (Å²) in [5.41, 5.74) is -0.688. The van der Waals surface area contributed by atoms with Gasteiger partial charge in [0.2, 0.25) is 5.72 Å². The number of aldehydes is 1. The van der Waals surface area contributed by atoms with Crippen molar-refractivity contribution in [2.24, 2.45) is 5.18 Å². The number of carbonyl (C=O) groups is 1. The lowest BCUT2D eigenvalue weighted by Gasteiger charge is -2.04. The molecule has 1 rings (SSSR count). The molecule has 0 radical (unpaired) electrons. The fourth-order valence-corrected chi connectivity index (χ4v) is 3.09. The first-order valence-corrected chi connectivity index (χ1v) is 9.25. The molecule has 0 aromatic carbocycles. The van der Waals surface area contributed by atoms with Gasteiger partial charge in [-0.3, -0.25) is 0 Å². The highest BCUT2D eigenvalue weighted by Crippen LogP contribution is 2.45. The summed E-state index contributed by atoms with van der Waals surface area (Å²) >= 11 is 0. The number of nitrogens with zero attached hydrogens (tertiary/aromatic N) is 1. The van der Waals surface area contributed by atoms with Crippen molar-refractivity contribution in [1.29, 1.82) is 0 Å². The Hall–Kier alpha value is -0.770. The number of nitroso groups, excluding NO2 is 1. The minimum absolute atomic E-state index is 0.0752. The lowest BCUT2D eigenvalue weighted by molar-refractivity contribution is -0.107. The molecule has 4 heteroatoms. The maximum atomic E-state index is 11.1. The van der Waals surface area contributed by atoms with Gasteiger partial charge in [-0.15, -0.1) is 4.91 Å². The van der Waals surface area contributed by atoms with E-state index in [9.17, 15) is 9.70 Å². The number of unbranched alkanes of at least 4 members (excludes halogenated alkanes) is 10. The Balaban J connectivity index is 2.00. The molecule has 0 aliphatic carbocycles. The van der Waals surface area contributed by atoms with Gasteiger partial charge in [0.15, 0.2) is 0 Å². The molecule has 0 N–H and O–H groups in total. The van der Waals surface area contributed by atoms with Crippen LogP contribution in [0.15, 0.2) is 5.18 Å². The average Bonchev–Trinajstić information content (AvgIpc) is 3.23. The van der Waals surface area contributed by atoms with Gasteiger partial charge in [-0.05, 0) is 24.4 Å². The summed E-state index contributed by atoms with van der Waals surface area (Å²) < 4.78 is 5.60. The van der Waals surface area contributed by atoms with Crippen LogP contribution < -0.4 is 0 Å². The van der Waals surface area contributed by atoms with Crippen LogP contribution in [0, 0.1) is 4.91 Å². The Bertz CT molecular complexity index is 309. The summed E-state index contributed by atoms with van der Waals surface area (Å²) in [4.78, 5) is 21.3. The third kappa shape index (κ3) is 7.48. The van der Waals surface area contributed by atoms with E-state index in [4.69, 9.17) is 4.74 Å². The van der Waals surface area contributed by atoms with Crippen molar-refractivity contribution in [3.05, 3.63) is 4.91 Å². The molecule has 0 amide bonds. The van der Waals surface area contributed by atoms with Crippen LogP contribution in [0.5, 0.6) is 0 Å². The predicted molar refractivity (Wildman–Crippen MR) is 89.8 cm³/mol. The minimum Gasteiger partial charge on any atom is -0.340 e. The largest absolute Gasteiger partial charge is 0.340 e. The van der Waals surface area contributed by atoms with Crippen molar-refractivity contribution in [1.82, 2.24) is 0 Å². The van der Waals surface area contributed by atoms with Gasteiger partial charge in [0.1, 0.15) is 12.4 Å². The molecular formula is C18H33NO3. The van der Waals surface area contributed by atoms with Crippen LogP contribution in [-0.2, 0) is 9.53 Å². The minimum atomic E-state index is -0.688. The molecule has 1 saturated heterocycles. The highest BCUT2D eigenvalue weighted by Gasteiger charge is 2.57. The van der Waals surface area contributed by atoms with Crippen molar-refractivity contribution < 1.29 is 9.53 Å². The number of hydrogen-bond donors (Lipinski definition) is 0. The van der Waals surface area contributed by atoms with Crippen molar-refractivity contribution in [2.75, 3.05) is 0 Å². The van der Waals surface area contributed by atoms with Crippen molar-refractivity contribution in [2.45, 2.75) is 109 Å². The highest BCUT2D eigenvalue weighted by atomic mass is 16.6. The molecule has 1 aliphatic rings. The predicted octanol–water partition coefficient (Wildman–Crippen LogP) is 5.53. The summed E-state index contributed by atoms with van der Waals surface area (Å²) in [7, 11) is 0. The van der Waals surface area contributed by atoms with Gasteiger partial charge in [0.25, 0.3) is 0 Å². The molecule has 0 bridgehead atoms. The van der Waals surface area contributed by atoms with Gasteiger partial charge in [-0.25, -0.2) is 0 Å². The van der Waals surface area contributed by atoms with Crippen LogP contribution in [0.3, 0.4) is 0 Å². The molecule has 22 heavy (non-hydrogen) atoms. The summed E-state index contributed by atoms with van der Waals surface area (Å²) in [6.45, 7) is 2.23. The fourth-order valence-electron chi connectivity index (χ4n) is 3.09. The first kappa shape index (κ1) is 19.3. The summed E-state index contributed by atoms with van der Waals surface area (Å²) in [6.07, 6.45) is 16.4. The second kappa shape index (κ2) is 11.8. The molecule has 128 valence electrons. The van der Waals surface area contributed by atoms with E-state index in [1.54, 1.807) is 0 Å². The first-order chi connectivity index (χ1) is 10.8. The molecular weight excluding hydrogens is 278 g/mol. The second-order valence-corrected chi connectivity index (χ2v) is 6.57. The number of epoxide rings is 1. The zero-order valence-electron chi connectivity index (χ0n) is 14.2. The molecule has 2 unspecified atom stereocenters. The van der Waals surface area contributed by atoms with E-state index < -0.39 is 5.72 Å². The van der Waals surface area contributed by atoms with Gasteiger partial charge in [0.05, 0.1) is 0 Å². The quantitative estimate of drug-likeness (QED) is 0.163. The monoisotopic (exact) mass is 311 g/mol. The van der Waals surface area contributed by atoms with Gasteiger partial charge >= 0.3 is 0 Å². The van der Waals surface area contributed by atoms with Crippen molar-refractivity contribution >= 4 is 6.29 Å². The zero-order chi connectivity index (χ0) is 16.1. The molecule has 1 fully saturated rings. The van der Waals surface area contributed by atoms with E-state index in [1.165, 1.54) is 32.1 Å². The molecule has 0 aromatic rings. The van der Waals surface area contributed by atoms with Crippen LogP contribution in [0.4, 0.5) is 0 Å². The van der Waals surface area contributed by atoms with Crippen molar-refractivity contribution in [3.8, 4) is 0 Å². The van der Waals surface area contributed by atoms with Crippen LogP contribution >= 0.6 is 0 Å². The number of ether oxygens (including phenoxy) is 1. The van der Waals surface area contributed by atoms with Crippen molar-refractivity contribution in [3.63, 3.8) is 0 Å². The van der Waals surface area contributed by atoms with Crippen LogP contribution in [0.2, 0.25) is 0 Å². The smallest absolute Gasteiger partial charge is 0.226 e. The molecule has 0 aromatic heterocycles. The summed E-state index contributed by atoms with van der Waals surface area (Å²) in [6, 6.07) is 0. The third-order valence-corrected chi connectivity index (χ3v) is 4.62. The summed E-state index contributed by atoms with van der Waals surface area (Å²) in [5, 5.41) is 3.27. The van der Waals surface area contributed by atoms with Gasteiger partial charge in [0, 0.05) is 12.8 Å². The molecule has 2 atom stereocenters. The number of rotatable bonds is 16. The lowest BCUT2D eigenvalue weighted by Crippen LogP contribution is -2.11. The van der Waals surface area contributed by atoms with E-state index in [1.807, 2.05) is 0 Å². The SMILES string of the molecule is CCCCCCCCC1OC1(CCCCCCCC=O)N=O. The maximum absolute atomic E-state index is 11.1. The topological polar surface area (TPSA) is 59.0 Å². The number of carbonyl (C=O) groups excluding carboxylic acids is 1. The molecule has 1 aliphatic heterocycles. The van der Waals surface area contributed by atoms with Gasteiger partial charge in [-0.1, -0.05) is 64.7 Å². The molecule has 1 heterocycles. The lowest BCUT2D eigenvalue weighted by atomic mass is 10.0. The van der Waals surface area contributed by atoms with E-state index >= 15 is 0 Å². The van der Waals surface area contributed by atoms with Crippen LogP contribution in [0.25, 0.3) is 0 Å². The van der Waals surface area contributed by atoms with E-state index in [0.717, 1.165) is 57.7 Å². The van der Waals surface area contributed by atoms with Crippen LogP contribution in [-0.4, -0.2) is 18.1 Å².